The van der Waals surface area contributed by atoms with Crippen LogP contribution < -0.4 is 5.32 Å². The zero-order valence-electron chi connectivity index (χ0n) is 11.9. The SMILES string of the molecule is CCCNC(c1ccc2nccnc2c1)c1cnccn1. The number of hydrogen-bond donors (Lipinski definition) is 1. The van der Waals surface area contributed by atoms with Crippen LogP contribution in [-0.4, -0.2) is 26.5 Å². The number of nitrogens with one attached hydrogen (secondary N) is 1. The van der Waals surface area contributed by atoms with Gasteiger partial charge in [-0.2, -0.15) is 0 Å². The Balaban J connectivity index is 2.01. The third-order valence-electron chi connectivity index (χ3n) is 3.30. The van der Waals surface area contributed by atoms with Crippen molar-refractivity contribution in [3.63, 3.8) is 0 Å². The molecule has 5 nitrogen and oxygen atoms in total. The summed E-state index contributed by atoms with van der Waals surface area (Å²) in [5, 5.41) is 3.52. The quantitative estimate of drug-likeness (QED) is 0.777. The molecule has 5 heteroatoms. The van der Waals surface area contributed by atoms with Crippen LogP contribution >= 0.6 is 0 Å². The normalized spacial score (nSPS) is 12.4. The lowest BCUT2D eigenvalue weighted by atomic mass is 10.0. The molecule has 21 heavy (non-hydrogen) atoms. The van der Waals surface area contributed by atoms with Gasteiger partial charge < -0.3 is 5.32 Å². The maximum atomic E-state index is 4.43. The lowest BCUT2D eigenvalue weighted by Gasteiger charge is -2.18. The van der Waals surface area contributed by atoms with E-state index < -0.39 is 0 Å². The molecule has 3 aromatic rings. The van der Waals surface area contributed by atoms with E-state index in [0.717, 1.165) is 35.3 Å². The smallest absolute Gasteiger partial charge is 0.0890 e. The van der Waals surface area contributed by atoms with Gasteiger partial charge in [0.15, 0.2) is 0 Å². The van der Waals surface area contributed by atoms with Crippen molar-refractivity contribution in [1.82, 2.24) is 25.3 Å². The maximum absolute atomic E-state index is 4.43. The van der Waals surface area contributed by atoms with Crippen molar-refractivity contribution in [3.05, 3.63) is 60.4 Å². The first-order valence-corrected chi connectivity index (χ1v) is 7.08. The van der Waals surface area contributed by atoms with Gasteiger partial charge >= 0.3 is 0 Å². The second kappa shape index (κ2) is 6.37. The van der Waals surface area contributed by atoms with E-state index in [4.69, 9.17) is 0 Å². The molecule has 0 aliphatic carbocycles. The van der Waals surface area contributed by atoms with Crippen LogP contribution in [0.1, 0.15) is 30.6 Å². The van der Waals surface area contributed by atoms with Crippen LogP contribution in [0, 0.1) is 0 Å². The van der Waals surface area contributed by atoms with Crippen LogP contribution in [0.2, 0.25) is 0 Å². The molecular weight excluding hydrogens is 262 g/mol. The van der Waals surface area contributed by atoms with Gasteiger partial charge in [-0.3, -0.25) is 19.9 Å². The third-order valence-corrected chi connectivity index (χ3v) is 3.30. The summed E-state index contributed by atoms with van der Waals surface area (Å²) < 4.78 is 0. The number of fused-ring (bicyclic) bond motifs is 1. The predicted molar refractivity (Wildman–Crippen MR) is 81.7 cm³/mol. The topological polar surface area (TPSA) is 63.6 Å². The van der Waals surface area contributed by atoms with E-state index in [1.807, 2.05) is 6.07 Å². The van der Waals surface area contributed by atoms with Gasteiger partial charge in [-0.25, -0.2) is 0 Å². The summed E-state index contributed by atoms with van der Waals surface area (Å²) >= 11 is 0. The van der Waals surface area contributed by atoms with Crippen molar-refractivity contribution in [3.8, 4) is 0 Å². The van der Waals surface area contributed by atoms with Crippen LogP contribution in [0.3, 0.4) is 0 Å². The average Bonchev–Trinajstić information content (AvgIpc) is 2.56. The Hall–Kier alpha value is -2.40. The molecule has 1 aromatic carbocycles. The molecule has 1 N–H and O–H groups in total. The van der Waals surface area contributed by atoms with E-state index in [1.165, 1.54) is 0 Å². The molecule has 0 amide bonds. The van der Waals surface area contributed by atoms with Crippen LogP contribution in [0.5, 0.6) is 0 Å². The number of hydrogen-bond acceptors (Lipinski definition) is 5. The molecule has 106 valence electrons. The van der Waals surface area contributed by atoms with Crippen LogP contribution in [0.4, 0.5) is 0 Å². The second-order valence-corrected chi connectivity index (χ2v) is 4.82. The van der Waals surface area contributed by atoms with Crippen LogP contribution in [0.25, 0.3) is 11.0 Å². The fourth-order valence-corrected chi connectivity index (χ4v) is 2.30. The summed E-state index contributed by atoms with van der Waals surface area (Å²) in [4.78, 5) is 17.3. The Morgan fingerprint density at radius 3 is 2.57 bits per heavy atom. The molecule has 0 saturated carbocycles. The first-order chi connectivity index (χ1) is 10.4. The van der Waals surface area contributed by atoms with Crippen molar-refractivity contribution in [2.45, 2.75) is 19.4 Å². The summed E-state index contributed by atoms with van der Waals surface area (Å²) in [6, 6.07) is 6.14. The Kier molecular flexibility index (Phi) is 4.12. The lowest BCUT2D eigenvalue weighted by Crippen LogP contribution is -2.24. The number of rotatable bonds is 5. The highest BCUT2D eigenvalue weighted by atomic mass is 14.9. The molecule has 0 fully saturated rings. The zero-order valence-corrected chi connectivity index (χ0v) is 11.9. The van der Waals surface area contributed by atoms with E-state index in [0.29, 0.717) is 0 Å². The van der Waals surface area contributed by atoms with Gasteiger partial charge in [-0.05, 0) is 30.7 Å². The zero-order chi connectivity index (χ0) is 14.5. The Bertz CT molecular complexity index is 714. The fraction of sp³-hybridized carbons (Fsp3) is 0.250. The van der Waals surface area contributed by atoms with Crippen molar-refractivity contribution >= 4 is 11.0 Å². The first kappa shape index (κ1) is 13.6. The number of benzene rings is 1. The van der Waals surface area contributed by atoms with Crippen molar-refractivity contribution in [1.29, 1.82) is 0 Å². The highest BCUT2D eigenvalue weighted by Gasteiger charge is 2.15. The standard InChI is InChI=1S/C16H17N5/c1-2-5-21-16(15-11-17-6-7-20-15)12-3-4-13-14(10-12)19-9-8-18-13/h3-4,6-11,16,21H,2,5H2,1H3. The van der Waals surface area contributed by atoms with E-state index in [9.17, 15) is 0 Å². The molecule has 0 saturated heterocycles. The Labute approximate surface area is 123 Å². The van der Waals surface area contributed by atoms with E-state index in [-0.39, 0.29) is 6.04 Å². The Morgan fingerprint density at radius 1 is 1.00 bits per heavy atom. The fourth-order valence-electron chi connectivity index (χ4n) is 2.30. The monoisotopic (exact) mass is 279 g/mol. The molecule has 2 heterocycles. The molecule has 0 radical (unpaired) electrons. The van der Waals surface area contributed by atoms with Gasteiger partial charge in [0, 0.05) is 24.8 Å². The van der Waals surface area contributed by atoms with Crippen molar-refractivity contribution < 1.29 is 0 Å². The molecule has 1 unspecified atom stereocenters. The second-order valence-electron chi connectivity index (χ2n) is 4.82. The van der Waals surface area contributed by atoms with Crippen molar-refractivity contribution in [2.75, 3.05) is 6.54 Å². The summed E-state index contributed by atoms with van der Waals surface area (Å²) in [6.07, 6.45) is 9.68. The van der Waals surface area contributed by atoms with Gasteiger partial charge in [0.1, 0.15) is 0 Å². The lowest BCUT2D eigenvalue weighted by molar-refractivity contribution is 0.584. The molecule has 1 atom stereocenters. The van der Waals surface area contributed by atoms with Gasteiger partial charge in [0.25, 0.3) is 0 Å². The summed E-state index contributed by atoms with van der Waals surface area (Å²) in [6.45, 7) is 3.06. The molecular formula is C16H17N5. The van der Waals surface area contributed by atoms with Gasteiger partial charge in [0.2, 0.25) is 0 Å². The minimum Gasteiger partial charge on any atom is -0.305 e. The molecule has 0 bridgehead atoms. The largest absolute Gasteiger partial charge is 0.305 e. The molecule has 3 rings (SSSR count). The van der Waals surface area contributed by atoms with Gasteiger partial charge in [-0.1, -0.05) is 13.0 Å². The van der Waals surface area contributed by atoms with Crippen LogP contribution in [-0.2, 0) is 0 Å². The number of aromatic nitrogens is 4. The molecule has 0 aliphatic rings. The number of nitrogens with zero attached hydrogens (tertiary/aromatic N) is 4. The third kappa shape index (κ3) is 3.03. The van der Waals surface area contributed by atoms with E-state index in [2.05, 4.69) is 44.3 Å². The van der Waals surface area contributed by atoms with Crippen LogP contribution in [0.15, 0.2) is 49.2 Å². The van der Waals surface area contributed by atoms with E-state index >= 15 is 0 Å². The molecule has 0 aliphatic heterocycles. The summed E-state index contributed by atoms with van der Waals surface area (Å²) in [7, 11) is 0. The first-order valence-electron chi connectivity index (χ1n) is 7.08. The molecule has 0 spiro atoms. The highest BCUT2D eigenvalue weighted by Crippen LogP contribution is 2.22. The van der Waals surface area contributed by atoms with Crippen molar-refractivity contribution in [2.24, 2.45) is 0 Å². The molecule has 2 aromatic heterocycles. The van der Waals surface area contributed by atoms with Gasteiger partial charge in [-0.15, -0.1) is 0 Å². The Morgan fingerprint density at radius 2 is 1.81 bits per heavy atom. The predicted octanol–water partition coefficient (Wildman–Crippen LogP) is 2.51. The average molecular weight is 279 g/mol. The summed E-state index contributed by atoms with van der Waals surface area (Å²) in [5.74, 6) is 0. The minimum atomic E-state index is 0.0186. The van der Waals surface area contributed by atoms with Gasteiger partial charge in [0.05, 0.1) is 29.0 Å². The van der Waals surface area contributed by atoms with E-state index in [1.54, 1.807) is 31.0 Å². The summed E-state index contributed by atoms with van der Waals surface area (Å²) in [5.41, 5.74) is 3.82. The maximum Gasteiger partial charge on any atom is 0.0890 e. The minimum absolute atomic E-state index is 0.0186. The highest BCUT2D eigenvalue weighted by molar-refractivity contribution is 5.74.